The van der Waals surface area contributed by atoms with E-state index in [1.165, 1.54) is 0 Å². The molecule has 3 heterocycles. The minimum Gasteiger partial charge on any atom is -0.335 e. The second-order valence-corrected chi connectivity index (χ2v) is 9.09. The van der Waals surface area contributed by atoms with E-state index in [0.29, 0.717) is 29.1 Å². The van der Waals surface area contributed by atoms with Gasteiger partial charge in [-0.1, -0.05) is 20.3 Å². The van der Waals surface area contributed by atoms with Crippen LogP contribution in [-0.2, 0) is 17.8 Å². The van der Waals surface area contributed by atoms with Crippen LogP contribution in [-0.4, -0.2) is 21.5 Å². The van der Waals surface area contributed by atoms with Gasteiger partial charge in [0.25, 0.3) is 0 Å². The van der Waals surface area contributed by atoms with E-state index in [2.05, 4.69) is 30.2 Å². The minimum absolute atomic E-state index is 0.0112. The Balaban J connectivity index is 1.64. The number of carbonyl (C=O) groups excluding carboxylic acids is 1. The van der Waals surface area contributed by atoms with E-state index in [4.69, 9.17) is 5.73 Å². The van der Waals surface area contributed by atoms with Gasteiger partial charge in [0.2, 0.25) is 5.91 Å². The molecule has 2 atom stereocenters. The highest BCUT2D eigenvalue weighted by atomic mass is 19.1. The van der Waals surface area contributed by atoms with Crippen LogP contribution in [0.4, 0.5) is 10.2 Å². The fraction of sp³-hybridized carbons (Fsp3) is 0.500. The summed E-state index contributed by atoms with van der Waals surface area (Å²) >= 11 is 0. The molecule has 2 aromatic heterocycles. The van der Waals surface area contributed by atoms with Crippen molar-refractivity contribution in [1.29, 1.82) is 5.26 Å². The highest BCUT2D eigenvalue weighted by Crippen LogP contribution is 2.40. The number of hydrogen-bond donors (Lipinski definition) is 2. The number of anilines is 1. The van der Waals surface area contributed by atoms with E-state index in [0.717, 1.165) is 44.1 Å². The van der Waals surface area contributed by atoms with Crippen molar-refractivity contribution in [2.24, 2.45) is 17.1 Å². The van der Waals surface area contributed by atoms with Gasteiger partial charge in [0.1, 0.15) is 23.4 Å². The molecule has 0 saturated heterocycles. The Bertz CT molecular complexity index is 1000. The number of nitrogens with one attached hydrogen (secondary N) is 1. The molecule has 0 aromatic carbocycles. The second-order valence-electron chi connectivity index (χ2n) is 9.09. The highest BCUT2D eigenvalue weighted by molar-refractivity contribution is 5.92. The molecule has 3 N–H and O–H groups in total. The van der Waals surface area contributed by atoms with Crippen LogP contribution in [0.1, 0.15) is 50.9 Å². The summed E-state index contributed by atoms with van der Waals surface area (Å²) in [7, 11) is 0. The van der Waals surface area contributed by atoms with Crippen molar-refractivity contribution in [3.8, 4) is 17.2 Å². The molecule has 1 aliphatic carbocycles. The lowest BCUT2D eigenvalue weighted by Gasteiger charge is -2.25. The maximum absolute atomic E-state index is 14.7. The van der Waals surface area contributed by atoms with Crippen LogP contribution in [0.15, 0.2) is 18.3 Å². The molecular weight excluding hydrogens is 369 g/mol. The average Bonchev–Trinajstić information content (AvgIpc) is 3.16. The first-order valence-corrected chi connectivity index (χ1v) is 10.1. The maximum atomic E-state index is 14.7. The van der Waals surface area contributed by atoms with Crippen LogP contribution in [0.2, 0.25) is 0 Å². The number of halogens is 1. The van der Waals surface area contributed by atoms with Crippen LogP contribution in [0.25, 0.3) is 11.1 Å². The third-order valence-electron chi connectivity index (χ3n) is 6.04. The zero-order valence-corrected chi connectivity index (χ0v) is 16.8. The third kappa shape index (κ3) is 3.77. The van der Waals surface area contributed by atoms with Crippen LogP contribution in [0.5, 0.6) is 0 Å². The van der Waals surface area contributed by atoms with E-state index in [-0.39, 0.29) is 23.3 Å². The first-order valence-electron chi connectivity index (χ1n) is 10.1. The van der Waals surface area contributed by atoms with Gasteiger partial charge in [-0.25, -0.2) is 9.37 Å². The minimum atomic E-state index is -0.467. The number of hydrogen-bond acceptors (Lipinski definition) is 4. The molecule has 2 aliphatic rings. The molecule has 0 radical (unpaired) electrons. The fourth-order valence-electron chi connectivity index (χ4n) is 4.63. The van der Waals surface area contributed by atoms with Gasteiger partial charge in [-0.15, -0.1) is 0 Å². The summed E-state index contributed by atoms with van der Waals surface area (Å²) in [4.78, 5) is 16.7. The van der Waals surface area contributed by atoms with Gasteiger partial charge < -0.3 is 15.6 Å². The number of amides is 1. The van der Waals surface area contributed by atoms with Crippen molar-refractivity contribution in [3.05, 3.63) is 35.5 Å². The van der Waals surface area contributed by atoms with Crippen LogP contribution in [0.3, 0.4) is 0 Å². The molecule has 7 heteroatoms. The Morgan fingerprint density at radius 3 is 2.90 bits per heavy atom. The SMILES string of the molecule is CC1(C)Cc2c(-c3cc(NC(=O)[C@H]4CCC[C@@H](N)C4)ncc3F)cc(C#N)n2C1. The fourth-order valence-corrected chi connectivity index (χ4v) is 4.63. The Hall–Kier alpha value is -2.72. The van der Waals surface area contributed by atoms with Gasteiger partial charge in [-0.05, 0) is 43.2 Å². The quantitative estimate of drug-likeness (QED) is 0.830. The van der Waals surface area contributed by atoms with Crippen molar-refractivity contribution >= 4 is 11.7 Å². The van der Waals surface area contributed by atoms with E-state index in [9.17, 15) is 14.4 Å². The lowest BCUT2D eigenvalue weighted by atomic mass is 9.85. The number of nitriles is 1. The lowest BCUT2D eigenvalue weighted by Crippen LogP contribution is -2.34. The molecule has 29 heavy (non-hydrogen) atoms. The molecule has 6 nitrogen and oxygen atoms in total. The molecule has 0 bridgehead atoms. The summed E-state index contributed by atoms with van der Waals surface area (Å²) in [6.45, 7) is 4.99. The third-order valence-corrected chi connectivity index (χ3v) is 6.04. The monoisotopic (exact) mass is 395 g/mol. The standard InChI is InChI=1S/C22H26FN5O/c1-22(2)9-19-17(7-15(10-24)28(19)12-22)16-8-20(26-11-18(16)23)27-21(29)13-4-3-5-14(25)6-13/h7-8,11,13-14H,3-6,9,12,25H2,1-2H3,(H,26,27,29)/t13-,14+/m0/s1. The molecule has 0 unspecified atom stereocenters. The molecule has 1 fully saturated rings. The number of rotatable bonds is 3. The molecule has 1 saturated carbocycles. The Labute approximate surface area is 169 Å². The summed E-state index contributed by atoms with van der Waals surface area (Å²) < 4.78 is 16.7. The number of aromatic nitrogens is 2. The highest BCUT2D eigenvalue weighted by Gasteiger charge is 2.33. The van der Waals surface area contributed by atoms with Crippen LogP contribution in [0, 0.1) is 28.5 Å². The zero-order valence-electron chi connectivity index (χ0n) is 16.8. The summed E-state index contributed by atoms with van der Waals surface area (Å²) in [5, 5.41) is 12.3. The average molecular weight is 395 g/mol. The second kappa shape index (κ2) is 7.27. The van der Waals surface area contributed by atoms with Crippen molar-refractivity contribution < 1.29 is 9.18 Å². The van der Waals surface area contributed by atoms with Gasteiger partial charge >= 0.3 is 0 Å². The summed E-state index contributed by atoms with van der Waals surface area (Å²) in [6, 6.07) is 5.56. The Morgan fingerprint density at radius 1 is 1.38 bits per heavy atom. The van der Waals surface area contributed by atoms with Gasteiger partial charge in [0.05, 0.1) is 6.20 Å². The number of pyridine rings is 1. The van der Waals surface area contributed by atoms with Crippen LogP contribution >= 0.6 is 0 Å². The lowest BCUT2D eigenvalue weighted by molar-refractivity contribution is -0.120. The Morgan fingerprint density at radius 2 is 2.17 bits per heavy atom. The molecule has 1 amide bonds. The summed E-state index contributed by atoms with van der Waals surface area (Å²) in [6.07, 6.45) is 5.24. The molecular formula is C22H26FN5O. The summed E-state index contributed by atoms with van der Waals surface area (Å²) in [5.41, 5.74) is 8.54. The molecule has 1 aliphatic heterocycles. The van der Waals surface area contributed by atoms with E-state index in [1.807, 2.05) is 4.57 Å². The maximum Gasteiger partial charge on any atom is 0.228 e. The topological polar surface area (TPSA) is 96.7 Å². The number of fused-ring (bicyclic) bond motifs is 1. The molecule has 2 aromatic rings. The predicted molar refractivity (Wildman–Crippen MR) is 108 cm³/mol. The van der Waals surface area contributed by atoms with Gasteiger partial charge in [-0.3, -0.25) is 4.79 Å². The predicted octanol–water partition coefficient (Wildman–Crippen LogP) is 3.60. The van der Waals surface area contributed by atoms with Crippen molar-refractivity contribution in [2.45, 2.75) is 58.5 Å². The molecule has 4 rings (SSSR count). The normalized spacial score (nSPS) is 22.7. The first kappa shape index (κ1) is 19.6. The first-order chi connectivity index (χ1) is 13.8. The Kier molecular flexibility index (Phi) is 4.91. The zero-order chi connectivity index (χ0) is 20.8. The van der Waals surface area contributed by atoms with Crippen molar-refractivity contribution in [2.75, 3.05) is 5.32 Å². The molecule has 0 spiro atoms. The smallest absolute Gasteiger partial charge is 0.228 e. The van der Waals surface area contributed by atoms with Gasteiger partial charge in [0.15, 0.2) is 0 Å². The number of carbonyl (C=O) groups is 1. The van der Waals surface area contributed by atoms with E-state index in [1.54, 1.807) is 12.1 Å². The van der Waals surface area contributed by atoms with Crippen LogP contribution < -0.4 is 11.1 Å². The van der Waals surface area contributed by atoms with E-state index >= 15 is 0 Å². The molecule has 152 valence electrons. The number of nitrogens with zero attached hydrogens (tertiary/aromatic N) is 3. The van der Waals surface area contributed by atoms with Crippen molar-refractivity contribution in [3.63, 3.8) is 0 Å². The number of nitrogens with two attached hydrogens (primary N) is 1. The summed E-state index contributed by atoms with van der Waals surface area (Å²) in [5.74, 6) is -0.406. The van der Waals surface area contributed by atoms with E-state index < -0.39 is 5.82 Å². The van der Waals surface area contributed by atoms with Gasteiger partial charge in [0, 0.05) is 35.3 Å². The largest absolute Gasteiger partial charge is 0.335 e. The van der Waals surface area contributed by atoms with Gasteiger partial charge in [-0.2, -0.15) is 5.26 Å². The van der Waals surface area contributed by atoms with Crippen molar-refractivity contribution in [1.82, 2.24) is 9.55 Å².